The van der Waals surface area contributed by atoms with Gasteiger partial charge in [-0.2, -0.15) is 12.6 Å². The summed E-state index contributed by atoms with van der Waals surface area (Å²) in [6.07, 6.45) is 1.53. The van der Waals surface area contributed by atoms with E-state index < -0.39 is 6.17 Å². The number of hydrogen-bond acceptors (Lipinski definition) is 3. The van der Waals surface area contributed by atoms with Gasteiger partial charge < -0.3 is 10.2 Å². The van der Waals surface area contributed by atoms with Crippen molar-refractivity contribution in [2.24, 2.45) is 0 Å². The van der Waals surface area contributed by atoms with Gasteiger partial charge in [-0.15, -0.1) is 0 Å². The van der Waals surface area contributed by atoms with Gasteiger partial charge in [-0.25, -0.2) is 9.18 Å². The maximum atomic E-state index is 13.0. The molecule has 0 radical (unpaired) electrons. The molecule has 2 saturated heterocycles. The minimum absolute atomic E-state index is 0.104. The summed E-state index contributed by atoms with van der Waals surface area (Å²) in [5.74, 6) is 0. The van der Waals surface area contributed by atoms with Gasteiger partial charge in [0, 0.05) is 31.0 Å². The normalized spacial score (nSPS) is 28.4. The van der Waals surface area contributed by atoms with Crippen LogP contribution in [0, 0.1) is 0 Å². The number of halogens is 1. The van der Waals surface area contributed by atoms with Gasteiger partial charge in [0.1, 0.15) is 6.17 Å². The smallest absolute Gasteiger partial charge is 0.317 e. The average molecular weight is 275 g/mol. The van der Waals surface area contributed by atoms with E-state index in [0.717, 1.165) is 25.9 Å². The van der Waals surface area contributed by atoms with Gasteiger partial charge in [-0.1, -0.05) is 0 Å². The zero-order valence-electron chi connectivity index (χ0n) is 10.8. The van der Waals surface area contributed by atoms with Crippen LogP contribution >= 0.6 is 12.6 Å². The molecule has 2 amide bonds. The van der Waals surface area contributed by atoms with E-state index in [1.165, 1.54) is 0 Å². The van der Waals surface area contributed by atoms with Crippen LogP contribution in [0.4, 0.5) is 9.18 Å². The van der Waals surface area contributed by atoms with Crippen molar-refractivity contribution in [3.63, 3.8) is 0 Å². The van der Waals surface area contributed by atoms with Crippen molar-refractivity contribution < 1.29 is 9.18 Å². The van der Waals surface area contributed by atoms with E-state index in [1.807, 2.05) is 0 Å². The fourth-order valence-corrected chi connectivity index (χ4v) is 2.82. The van der Waals surface area contributed by atoms with Crippen molar-refractivity contribution >= 4 is 18.7 Å². The molecule has 2 atom stereocenters. The summed E-state index contributed by atoms with van der Waals surface area (Å²) in [6.45, 7) is 4.77. The van der Waals surface area contributed by atoms with Gasteiger partial charge in [0.05, 0.1) is 6.54 Å². The van der Waals surface area contributed by atoms with Gasteiger partial charge >= 0.3 is 6.03 Å². The largest absolute Gasteiger partial charge is 0.335 e. The Hall–Kier alpha value is -0.490. The predicted molar refractivity (Wildman–Crippen MR) is 72.7 cm³/mol. The first-order valence-corrected chi connectivity index (χ1v) is 7.19. The topological polar surface area (TPSA) is 35.6 Å². The van der Waals surface area contributed by atoms with Gasteiger partial charge in [-0.05, 0) is 26.2 Å². The molecule has 0 bridgehead atoms. The second-order valence-corrected chi connectivity index (χ2v) is 5.97. The van der Waals surface area contributed by atoms with Crippen molar-refractivity contribution in [1.82, 2.24) is 15.1 Å². The Bertz CT molecular complexity index is 295. The van der Waals surface area contributed by atoms with E-state index in [4.69, 9.17) is 0 Å². The zero-order valence-corrected chi connectivity index (χ0v) is 11.7. The highest BCUT2D eigenvalue weighted by molar-refractivity contribution is 7.80. The van der Waals surface area contributed by atoms with Gasteiger partial charge in [0.2, 0.25) is 0 Å². The summed E-state index contributed by atoms with van der Waals surface area (Å²) in [6, 6.07) is 0.118. The average Bonchev–Trinajstić information content (AvgIpc) is 2.76. The molecule has 4 nitrogen and oxygen atoms in total. The number of rotatable bonds is 2. The fourth-order valence-electron chi connectivity index (χ4n) is 2.59. The lowest BCUT2D eigenvalue weighted by Gasteiger charge is -2.35. The van der Waals surface area contributed by atoms with Crippen molar-refractivity contribution in [2.75, 3.05) is 26.2 Å². The monoisotopic (exact) mass is 275 g/mol. The number of hydrogen-bond donors (Lipinski definition) is 2. The predicted octanol–water partition coefficient (Wildman–Crippen LogP) is 1.48. The molecule has 2 unspecified atom stereocenters. The second kappa shape index (κ2) is 6.10. The van der Waals surface area contributed by atoms with E-state index >= 15 is 0 Å². The molecule has 1 N–H and O–H groups in total. The van der Waals surface area contributed by atoms with E-state index in [2.05, 4.69) is 29.8 Å². The van der Waals surface area contributed by atoms with Crippen LogP contribution in [0.25, 0.3) is 0 Å². The summed E-state index contributed by atoms with van der Waals surface area (Å²) >= 11 is 4.41. The van der Waals surface area contributed by atoms with Crippen LogP contribution in [0.2, 0.25) is 0 Å². The lowest BCUT2D eigenvalue weighted by atomic mass is 10.1. The number of alkyl halides is 1. The van der Waals surface area contributed by atoms with Crippen LogP contribution in [0.15, 0.2) is 0 Å². The van der Waals surface area contributed by atoms with Crippen LogP contribution in [0.3, 0.4) is 0 Å². The van der Waals surface area contributed by atoms with Crippen molar-refractivity contribution in [3.05, 3.63) is 0 Å². The van der Waals surface area contributed by atoms with E-state index in [0.29, 0.717) is 13.0 Å². The molecule has 6 heteroatoms. The number of carbonyl (C=O) groups excluding carboxylic acids is 1. The Morgan fingerprint density at radius 2 is 2.00 bits per heavy atom. The number of amides is 2. The second-order valence-electron chi connectivity index (χ2n) is 5.22. The maximum absolute atomic E-state index is 13.0. The minimum atomic E-state index is -0.845. The first-order chi connectivity index (χ1) is 8.56. The van der Waals surface area contributed by atoms with E-state index in [1.54, 1.807) is 4.90 Å². The molecule has 0 aliphatic carbocycles. The Kier molecular flexibility index (Phi) is 4.72. The van der Waals surface area contributed by atoms with Crippen molar-refractivity contribution in [3.8, 4) is 0 Å². The Balaban J connectivity index is 1.73. The quantitative estimate of drug-likeness (QED) is 0.749. The minimum Gasteiger partial charge on any atom is -0.335 e. The zero-order chi connectivity index (χ0) is 13.1. The number of nitrogens with one attached hydrogen (secondary N) is 1. The molecule has 2 fully saturated rings. The van der Waals surface area contributed by atoms with Crippen LogP contribution in [0.1, 0.15) is 26.2 Å². The highest BCUT2D eigenvalue weighted by Crippen LogP contribution is 2.16. The SMILES string of the molecule is CC(S)N1CCC(NC(=O)N2CCC(F)C2)CC1. The lowest BCUT2D eigenvalue weighted by molar-refractivity contribution is 0.173. The molecule has 0 aromatic carbocycles. The first-order valence-electron chi connectivity index (χ1n) is 6.68. The van der Waals surface area contributed by atoms with E-state index in [-0.39, 0.29) is 24.0 Å². The third-order valence-electron chi connectivity index (χ3n) is 3.80. The molecule has 0 aromatic rings. The Morgan fingerprint density at radius 1 is 1.33 bits per heavy atom. The van der Waals surface area contributed by atoms with Gasteiger partial charge in [0.15, 0.2) is 0 Å². The summed E-state index contributed by atoms with van der Waals surface area (Å²) in [7, 11) is 0. The number of piperidine rings is 1. The van der Waals surface area contributed by atoms with Gasteiger partial charge in [-0.3, -0.25) is 4.90 Å². The molecular weight excluding hydrogens is 253 g/mol. The molecule has 104 valence electrons. The Labute approximate surface area is 113 Å². The van der Waals surface area contributed by atoms with Crippen LogP contribution in [-0.4, -0.2) is 59.6 Å². The van der Waals surface area contributed by atoms with Crippen LogP contribution < -0.4 is 5.32 Å². The molecule has 0 spiro atoms. The molecule has 18 heavy (non-hydrogen) atoms. The highest BCUT2D eigenvalue weighted by atomic mass is 32.1. The molecule has 2 aliphatic heterocycles. The summed E-state index contributed by atoms with van der Waals surface area (Å²) in [4.78, 5) is 15.8. The molecule has 2 aliphatic rings. The summed E-state index contributed by atoms with van der Waals surface area (Å²) < 4.78 is 13.0. The number of urea groups is 1. The number of carbonyl (C=O) groups is 1. The molecule has 2 heterocycles. The number of nitrogens with zero attached hydrogens (tertiary/aromatic N) is 2. The van der Waals surface area contributed by atoms with Crippen LogP contribution in [0.5, 0.6) is 0 Å². The van der Waals surface area contributed by atoms with Crippen molar-refractivity contribution in [1.29, 1.82) is 0 Å². The number of thiol groups is 1. The third kappa shape index (κ3) is 3.51. The first kappa shape index (κ1) is 13.9. The summed E-state index contributed by atoms with van der Waals surface area (Å²) in [5, 5.41) is 3.28. The Morgan fingerprint density at radius 3 is 2.50 bits per heavy atom. The maximum Gasteiger partial charge on any atom is 0.317 e. The molecule has 0 saturated carbocycles. The van der Waals surface area contributed by atoms with Crippen molar-refractivity contribution in [2.45, 2.75) is 43.8 Å². The van der Waals surface area contributed by atoms with Gasteiger partial charge in [0.25, 0.3) is 0 Å². The molecule has 0 aromatic heterocycles. The number of likely N-dealkylation sites (tertiary alicyclic amines) is 2. The summed E-state index contributed by atoms with van der Waals surface area (Å²) in [5.41, 5.74) is 0. The third-order valence-corrected chi connectivity index (χ3v) is 4.13. The lowest BCUT2D eigenvalue weighted by Crippen LogP contribution is -2.49. The molecular formula is C12H22FN3OS. The standard InChI is InChI=1S/C12H22FN3OS/c1-9(18)15-6-3-11(4-7-15)14-12(17)16-5-2-10(13)8-16/h9-11,18H,2-8H2,1H3,(H,14,17). The molecule has 2 rings (SSSR count). The van der Waals surface area contributed by atoms with Crippen LogP contribution in [-0.2, 0) is 0 Å². The highest BCUT2D eigenvalue weighted by Gasteiger charge is 2.28. The fraction of sp³-hybridized carbons (Fsp3) is 0.917. The van der Waals surface area contributed by atoms with E-state index in [9.17, 15) is 9.18 Å².